The van der Waals surface area contributed by atoms with Gasteiger partial charge in [-0.05, 0) is 62.3 Å². The van der Waals surface area contributed by atoms with Crippen LogP contribution in [0.5, 0.6) is 5.75 Å². The molecule has 1 aromatic heterocycles. The molecule has 12 heteroatoms. The molecule has 3 atom stereocenters. The van der Waals surface area contributed by atoms with E-state index in [0.29, 0.717) is 31.0 Å². The maximum Gasteiger partial charge on any atom is 0.407 e. The SMILES string of the molecule is CCOC(=O)N[C@H]1CC(=O)N2CCCC(CCOc3ccc(C)c(c3)CNC(=O)C(c3cnn(C)c3)NC1=O)C2. The van der Waals surface area contributed by atoms with Crippen molar-refractivity contribution in [1.29, 1.82) is 0 Å². The van der Waals surface area contributed by atoms with Crippen LogP contribution in [0.25, 0.3) is 0 Å². The molecule has 4 amide bonds. The molecular weight excluding hydrogens is 516 g/mol. The maximum absolute atomic E-state index is 13.5. The molecule has 2 unspecified atom stereocenters. The zero-order valence-electron chi connectivity index (χ0n) is 23.3. The van der Waals surface area contributed by atoms with Gasteiger partial charge in [0.15, 0.2) is 0 Å². The van der Waals surface area contributed by atoms with Crippen LogP contribution >= 0.6 is 0 Å². The summed E-state index contributed by atoms with van der Waals surface area (Å²) < 4.78 is 12.5. The summed E-state index contributed by atoms with van der Waals surface area (Å²) in [5, 5.41) is 12.3. The Morgan fingerprint density at radius 2 is 2.05 bits per heavy atom. The van der Waals surface area contributed by atoms with Gasteiger partial charge in [0.1, 0.15) is 17.8 Å². The minimum absolute atomic E-state index is 0.103. The van der Waals surface area contributed by atoms with E-state index < -0.39 is 30.0 Å². The molecule has 2 aliphatic heterocycles. The van der Waals surface area contributed by atoms with Crippen molar-refractivity contribution < 1.29 is 28.7 Å². The third-order valence-electron chi connectivity index (χ3n) is 7.31. The van der Waals surface area contributed by atoms with E-state index in [0.717, 1.165) is 30.4 Å². The third kappa shape index (κ3) is 7.51. The number of nitrogens with one attached hydrogen (secondary N) is 3. The van der Waals surface area contributed by atoms with E-state index in [1.807, 2.05) is 25.1 Å². The predicted molar refractivity (Wildman–Crippen MR) is 145 cm³/mol. The number of hydrogen-bond donors (Lipinski definition) is 3. The highest BCUT2D eigenvalue weighted by molar-refractivity contribution is 5.94. The Bertz CT molecular complexity index is 1230. The van der Waals surface area contributed by atoms with Crippen LogP contribution in [0.1, 0.15) is 55.3 Å². The molecule has 12 nitrogen and oxygen atoms in total. The van der Waals surface area contributed by atoms with Gasteiger partial charge >= 0.3 is 6.09 Å². The second kappa shape index (κ2) is 13.3. The smallest absolute Gasteiger partial charge is 0.407 e. The van der Waals surface area contributed by atoms with Gasteiger partial charge < -0.3 is 30.3 Å². The van der Waals surface area contributed by atoms with Gasteiger partial charge in [0.05, 0.1) is 25.8 Å². The standard InChI is InChI=1S/C28H38N6O6/c1-4-39-28(38)31-23-13-24(35)34-10-5-6-19(16-34)9-11-40-22-8-7-18(2)20(12-22)14-29-27(37)25(32-26(23)36)21-15-30-33(3)17-21/h7-8,12,15,17,19,23,25H,4-6,9-11,13-14,16H2,1-3H3,(H,29,37)(H,31,38)(H,32,36)/t19?,23-,25?/m0/s1. The van der Waals surface area contributed by atoms with Gasteiger partial charge in [-0.2, -0.15) is 5.10 Å². The number of hydrogen-bond acceptors (Lipinski definition) is 7. The van der Waals surface area contributed by atoms with Crippen LogP contribution in [0, 0.1) is 12.8 Å². The first kappa shape index (κ1) is 28.9. The summed E-state index contributed by atoms with van der Waals surface area (Å²) in [5.74, 6) is -0.417. The number of amides is 4. The van der Waals surface area contributed by atoms with Crippen molar-refractivity contribution in [2.45, 2.75) is 58.2 Å². The lowest BCUT2D eigenvalue weighted by Gasteiger charge is -2.34. The summed E-state index contributed by atoms with van der Waals surface area (Å²) in [6.45, 7) is 5.55. The van der Waals surface area contributed by atoms with Crippen LogP contribution < -0.4 is 20.7 Å². The highest BCUT2D eigenvalue weighted by atomic mass is 16.5. The van der Waals surface area contributed by atoms with Crippen LogP contribution in [0.4, 0.5) is 4.79 Å². The van der Waals surface area contributed by atoms with Crippen molar-refractivity contribution in [2.75, 3.05) is 26.3 Å². The Hall–Kier alpha value is -4.09. The lowest BCUT2D eigenvalue weighted by Crippen LogP contribution is -2.52. The molecule has 1 saturated heterocycles. The highest BCUT2D eigenvalue weighted by Crippen LogP contribution is 2.23. The first-order valence-electron chi connectivity index (χ1n) is 13.7. The van der Waals surface area contributed by atoms with Crippen molar-refractivity contribution in [3.63, 3.8) is 0 Å². The monoisotopic (exact) mass is 554 g/mol. The van der Waals surface area contributed by atoms with Gasteiger partial charge in [0, 0.05) is 38.4 Å². The van der Waals surface area contributed by atoms with Gasteiger partial charge in [0.25, 0.3) is 0 Å². The number of fused-ring (bicyclic) bond motifs is 4. The Morgan fingerprint density at radius 1 is 1.23 bits per heavy atom. The molecule has 0 aliphatic carbocycles. The largest absolute Gasteiger partial charge is 0.494 e. The average molecular weight is 555 g/mol. The summed E-state index contributed by atoms with van der Waals surface area (Å²) >= 11 is 0. The quantitative estimate of drug-likeness (QED) is 0.524. The van der Waals surface area contributed by atoms with Crippen LogP contribution in [0.15, 0.2) is 30.6 Å². The molecule has 2 aliphatic rings. The second-order valence-electron chi connectivity index (χ2n) is 10.3. The molecule has 3 N–H and O–H groups in total. The minimum Gasteiger partial charge on any atom is -0.494 e. The molecule has 0 saturated carbocycles. The topological polar surface area (TPSA) is 144 Å². The summed E-state index contributed by atoms with van der Waals surface area (Å²) in [7, 11) is 1.70. The van der Waals surface area contributed by atoms with E-state index in [4.69, 9.17) is 9.47 Å². The molecule has 1 aromatic carbocycles. The van der Waals surface area contributed by atoms with E-state index in [1.54, 1.807) is 25.1 Å². The molecule has 0 radical (unpaired) electrons. The lowest BCUT2D eigenvalue weighted by atomic mass is 9.94. The Labute approximate surface area is 233 Å². The van der Waals surface area contributed by atoms with Crippen LogP contribution in [-0.4, -0.2) is 70.8 Å². The molecule has 216 valence electrons. The minimum atomic E-state index is -1.24. The van der Waals surface area contributed by atoms with E-state index in [1.165, 1.54) is 10.9 Å². The van der Waals surface area contributed by atoms with E-state index in [9.17, 15) is 19.2 Å². The summed E-state index contributed by atoms with van der Waals surface area (Å²) in [6, 6.07) is 3.42. The molecule has 3 heterocycles. The number of piperidine rings is 1. The predicted octanol–water partition coefficient (Wildman–Crippen LogP) is 1.73. The Balaban J connectivity index is 1.64. The van der Waals surface area contributed by atoms with Gasteiger partial charge in [0.2, 0.25) is 17.7 Å². The molecular formula is C28H38N6O6. The van der Waals surface area contributed by atoms with Gasteiger partial charge in [-0.15, -0.1) is 0 Å². The van der Waals surface area contributed by atoms with Gasteiger partial charge in [-0.25, -0.2) is 4.79 Å². The van der Waals surface area contributed by atoms with E-state index in [-0.39, 0.29) is 31.4 Å². The number of carbonyl (C=O) groups is 4. The van der Waals surface area contributed by atoms with Crippen molar-refractivity contribution in [2.24, 2.45) is 13.0 Å². The van der Waals surface area contributed by atoms with Gasteiger partial charge in [-0.1, -0.05) is 6.07 Å². The van der Waals surface area contributed by atoms with Crippen LogP contribution in [0.2, 0.25) is 0 Å². The highest BCUT2D eigenvalue weighted by Gasteiger charge is 2.33. The van der Waals surface area contributed by atoms with Gasteiger partial charge in [-0.3, -0.25) is 19.1 Å². The number of nitrogens with zero attached hydrogens (tertiary/aromatic N) is 3. The third-order valence-corrected chi connectivity index (χ3v) is 7.31. The first-order valence-corrected chi connectivity index (χ1v) is 13.7. The fourth-order valence-electron chi connectivity index (χ4n) is 5.04. The molecule has 0 spiro atoms. The Kier molecular flexibility index (Phi) is 9.62. The van der Waals surface area contributed by atoms with Crippen molar-refractivity contribution >= 4 is 23.8 Å². The molecule has 40 heavy (non-hydrogen) atoms. The van der Waals surface area contributed by atoms with Crippen LogP contribution in [0.3, 0.4) is 0 Å². The average Bonchev–Trinajstić information content (AvgIpc) is 3.36. The zero-order chi connectivity index (χ0) is 28.6. The van der Waals surface area contributed by atoms with E-state index >= 15 is 0 Å². The summed E-state index contributed by atoms with van der Waals surface area (Å²) in [4.78, 5) is 54.3. The number of aromatic nitrogens is 2. The van der Waals surface area contributed by atoms with Crippen LogP contribution in [-0.2, 0) is 32.7 Å². The number of aryl methyl sites for hydroxylation is 2. The molecule has 4 bridgehead atoms. The number of rotatable bonds is 3. The molecule has 2 aromatic rings. The Morgan fingerprint density at radius 3 is 2.80 bits per heavy atom. The number of benzene rings is 1. The number of carbonyl (C=O) groups excluding carboxylic acids is 4. The first-order chi connectivity index (χ1) is 19.2. The zero-order valence-corrected chi connectivity index (χ0v) is 23.3. The van der Waals surface area contributed by atoms with Crippen molar-refractivity contribution in [3.8, 4) is 5.75 Å². The van der Waals surface area contributed by atoms with E-state index in [2.05, 4.69) is 21.0 Å². The second-order valence-corrected chi connectivity index (χ2v) is 10.3. The normalized spacial score (nSPS) is 22.7. The molecule has 4 rings (SSSR count). The summed E-state index contributed by atoms with van der Waals surface area (Å²) in [6.07, 6.45) is 4.64. The number of alkyl carbamates (subject to hydrolysis) is 1. The fourth-order valence-corrected chi connectivity index (χ4v) is 5.04. The lowest BCUT2D eigenvalue weighted by molar-refractivity contribution is -0.137. The fraction of sp³-hybridized carbons (Fsp3) is 0.536. The van der Waals surface area contributed by atoms with Crippen molar-refractivity contribution in [1.82, 2.24) is 30.6 Å². The maximum atomic E-state index is 13.5. The van der Waals surface area contributed by atoms with Crippen molar-refractivity contribution in [3.05, 3.63) is 47.3 Å². The number of ether oxygens (including phenoxy) is 2. The summed E-state index contributed by atoms with van der Waals surface area (Å²) in [5.41, 5.74) is 2.33. The molecule has 1 fully saturated rings.